The molecule has 1 fully saturated rings. The molecule has 0 aliphatic carbocycles. The topological polar surface area (TPSA) is 37.8 Å². The lowest BCUT2D eigenvalue weighted by Crippen LogP contribution is -2.17. The third kappa shape index (κ3) is 3.73. The Morgan fingerprint density at radius 3 is 2.35 bits per heavy atom. The average Bonchev–Trinajstić information content (AvgIpc) is 2.52. The number of thioether (sulfide) groups is 1. The number of likely N-dealkylation sites (N-methyl/N-ethyl adjacent to an activating group) is 1. The fraction of sp³-hybridized carbons (Fsp3) is 0.750. The minimum absolute atomic E-state index is 0.526. The van der Waals surface area contributed by atoms with E-state index in [4.69, 9.17) is 9.97 Å². The zero-order chi connectivity index (χ0) is 14.4. The van der Waals surface area contributed by atoms with E-state index >= 15 is 0 Å². The predicted molar refractivity (Wildman–Crippen MR) is 87.5 cm³/mol. The van der Waals surface area contributed by atoms with Crippen LogP contribution in [0, 0.1) is 0 Å². The molecular weight excluding hydrogens is 266 g/mol. The second-order valence-corrected chi connectivity index (χ2v) is 6.68. The molecule has 1 aliphatic rings. The van der Waals surface area contributed by atoms with Crippen molar-refractivity contribution in [1.82, 2.24) is 15.3 Å². The quantitative estimate of drug-likeness (QED) is 0.873. The fourth-order valence-electron chi connectivity index (χ4n) is 2.81. The lowest BCUT2D eigenvalue weighted by Gasteiger charge is -2.22. The second-order valence-electron chi connectivity index (χ2n) is 5.37. The molecule has 0 amide bonds. The van der Waals surface area contributed by atoms with Gasteiger partial charge in [0.15, 0.2) is 0 Å². The van der Waals surface area contributed by atoms with Crippen LogP contribution in [-0.4, -0.2) is 29.3 Å². The summed E-state index contributed by atoms with van der Waals surface area (Å²) in [6, 6.07) is 0. The van der Waals surface area contributed by atoms with E-state index in [1.165, 1.54) is 42.0 Å². The number of hydrogen-bond acceptors (Lipinski definition) is 4. The Morgan fingerprint density at radius 1 is 1.15 bits per heavy atom. The Morgan fingerprint density at radius 2 is 1.85 bits per heavy atom. The molecule has 2 rings (SSSR count). The summed E-state index contributed by atoms with van der Waals surface area (Å²) in [6.07, 6.45) is 6.99. The molecule has 1 aromatic heterocycles. The molecule has 3 nitrogen and oxygen atoms in total. The summed E-state index contributed by atoms with van der Waals surface area (Å²) < 4.78 is 0. The average molecular weight is 293 g/mol. The Kier molecular flexibility index (Phi) is 6.30. The van der Waals surface area contributed by atoms with Crippen LogP contribution in [0.25, 0.3) is 0 Å². The molecule has 0 aromatic carbocycles. The first-order valence-electron chi connectivity index (χ1n) is 7.94. The standard InChI is InChI=1S/C16H27N3S/c1-4-13-12(9-10-17-3)14(5-2)19-16(18-13)15-8-6-7-11-20-15/h15,17H,4-11H2,1-3H3. The van der Waals surface area contributed by atoms with E-state index in [1.807, 2.05) is 18.8 Å². The first kappa shape index (κ1) is 15.8. The maximum absolute atomic E-state index is 4.92. The highest BCUT2D eigenvalue weighted by Gasteiger charge is 2.21. The van der Waals surface area contributed by atoms with Crippen LogP contribution >= 0.6 is 11.8 Å². The van der Waals surface area contributed by atoms with Gasteiger partial charge in [0.2, 0.25) is 0 Å². The van der Waals surface area contributed by atoms with E-state index in [0.29, 0.717) is 5.25 Å². The van der Waals surface area contributed by atoms with Gasteiger partial charge in [-0.05, 0) is 57.0 Å². The monoisotopic (exact) mass is 293 g/mol. The Bertz CT molecular complexity index is 403. The van der Waals surface area contributed by atoms with E-state index in [1.54, 1.807) is 0 Å². The second kappa shape index (κ2) is 7.99. The van der Waals surface area contributed by atoms with Crippen molar-refractivity contribution < 1.29 is 0 Å². The molecule has 112 valence electrons. The van der Waals surface area contributed by atoms with E-state index < -0.39 is 0 Å². The van der Waals surface area contributed by atoms with Crippen molar-refractivity contribution >= 4 is 11.8 Å². The van der Waals surface area contributed by atoms with Crippen molar-refractivity contribution in [2.45, 2.75) is 57.6 Å². The van der Waals surface area contributed by atoms with Gasteiger partial charge in [0.05, 0.1) is 5.25 Å². The summed E-state index contributed by atoms with van der Waals surface area (Å²) >= 11 is 2.04. The number of nitrogens with one attached hydrogen (secondary N) is 1. The smallest absolute Gasteiger partial charge is 0.141 e. The highest BCUT2D eigenvalue weighted by atomic mass is 32.2. The number of hydrogen-bond donors (Lipinski definition) is 1. The van der Waals surface area contributed by atoms with Gasteiger partial charge in [-0.2, -0.15) is 11.8 Å². The van der Waals surface area contributed by atoms with Gasteiger partial charge in [-0.1, -0.05) is 20.3 Å². The molecule has 1 saturated heterocycles. The number of aryl methyl sites for hydroxylation is 2. The van der Waals surface area contributed by atoms with Gasteiger partial charge in [0.1, 0.15) is 5.82 Å². The molecule has 1 unspecified atom stereocenters. The minimum Gasteiger partial charge on any atom is -0.319 e. The van der Waals surface area contributed by atoms with Crippen molar-refractivity contribution in [3.05, 3.63) is 22.8 Å². The van der Waals surface area contributed by atoms with Crippen LogP contribution in [0.1, 0.15) is 61.1 Å². The third-order valence-electron chi connectivity index (χ3n) is 3.96. The molecule has 1 aromatic rings. The lowest BCUT2D eigenvalue weighted by atomic mass is 10.0. The number of aromatic nitrogens is 2. The maximum atomic E-state index is 4.92. The van der Waals surface area contributed by atoms with Crippen LogP contribution in [0.3, 0.4) is 0 Å². The third-order valence-corrected chi connectivity index (χ3v) is 5.33. The summed E-state index contributed by atoms with van der Waals surface area (Å²) in [7, 11) is 2.01. The van der Waals surface area contributed by atoms with Crippen LogP contribution in [-0.2, 0) is 19.3 Å². The summed E-state index contributed by atoms with van der Waals surface area (Å²) in [6.45, 7) is 5.42. The van der Waals surface area contributed by atoms with E-state index in [2.05, 4.69) is 19.2 Å². The molecule has 0 saturated carbocycles. The first-order chi connectivity index (χ1) is 9.80. The van der Waals surface area contributed by atoms with Gasteiger partial charge >= 0.3 is 0 Å². The van der Waals surface area contributed by atoms with Crippen molar-refractivity contribution in [2.24, 2.45) is 0 Å². The molecule has 20 heavy (non-hydrogen) atoms. The molecule has 2 heterocycles. The molecule has 1 N–H and O–H groups in total. The molecular formula is C16H27N3S. The van der Waals surface area contributed by atoms with Crippen molar-refractivity contribution in [1.29, 1.82) is 0 Å². The predicted octanol–water partition coefficient (Wildman–Crippen LogP) is 3.32. The molecule has 0 bridgehead atoms. The molecule has 1 atom stereocenters. The maximum Gasteiger partial charge on any atom is 0.141 e. The van der Waals surface area contributed by atoms with Gasteiger partial charge in [-0.3, -0.25) is 0 Å². The van der Waals surface area contributed by atoms with E-state index in [9.17, 15) is 0 Å². The van der Waals surface area contributed by atoms with Crippen molar-refractivity contribution in [3.8, 4) is 0 Å². The Balaban J connectivity index is 2.30. The number of rotatable bonds is 6. The zero-order valence-electron chi connectivity index (χ0n) is 13.0. The molecule has 1 aliphatic heterocycles. The van der Waals surface area contributed by atoms with Gasteiger partial charge in [-0.25, -0.2) is 9.97 Å². The Labute approximate surface area is 127 Å². The van der Waals surface area contributed by atoms with Crippen LogP contribution < -0.4 is 5.32 Å². The lowest BCUT2D eigenvalue weighted by molar-refractivity contribution is 0.649. The molecule has 0 radical (unpaired) electrons. The van der Waals surface area contributed by atoms with E-state index in [-0.39, 0.29) is 0 Å². The highest BCUT2D eigenvalue weighted by Crippen LogP contribution is 2.37. The van der Waals surface area contributed by atoms with Crippen LogP contribution in [0.15, 0.2) is 0 Å². The van der Waals surface area contributed by atoms with Gasteiger partial charge in [0.25, 0.3) is 0 Å². The zero-order valence-corrected chi connectivity index (χ0v) is 13.9. The van der Waals surface area contributed by atoms with Crippen LogP contribution in [0.5, 0.6) is 0 Å². The van der Waals surface area contributed by atoms with Gasteiger partial charge < -0.3 is 5.32 Å². The molecule has 4 heteroatoms. The normalized spacial score (nSPS) is 19.2. The van der Waals surface area contributed by atoms with Gasteiger partial charge in [0, 0.05) is 11.4 Å². The molecule has 0 spiro atoms. The highest BCUT2D eigenvalue weighted by molar-refractivity contribution is 7.99. The summed E-state index contributed by atoms with van der Waals surface area (Å²) in [5.74, 6) is 2.36. The minimum atomic E-state index is 0.526. The van der Waals surface area contributed by atoms with E-state index in [0.717, 1.165) is 31.6 Å². The summed E-state index contributed by atoms with van der Waals surface area (Å²) in [4.78, 5) is 9.83. The van der Waals surface area contributed by atoms with Crippen molar-refractivity contribution in [3.63, 3.8) is 0 Å². The first-order valence-corrected chi connectivity index (χ1v) is 8.99. The fourth-order valence-corrected chi connectivity index (χ4v) is 4.06. The largest absolute Gasteiger partial charge is 0.319 e. The van der Waals surface area contributed by atoms with Crippen LogP contribution in [0.2, 0.25) is 0 Å². The summed E-state index contributed by atoms with van der Waals surface area (Å²) in [5, 5.41) is 3.76. The Hall–Kier alpha value is -0.610. The summed E-state index contributed by atoms with van der Waals surface area (Å²) in [5.41, 5.74) is 3.93. The van der Waals surface area contributed by atoms with Crippen LogP contribution in [0.4, 0.5) is 0 Å². The van der Waals surface area contributed by atoms with Crippen molar-refractivity contribution in [2.75, 3.05) is 19.3 Å². The van der Waals surface area contributed by atoms with Gasteiger partial charge in [-0.15, -0.1) is 0 Å². The number of nitrogens with zero attached hydrogens (tertiary/aromatic N) is 2. The SMILES string of the molecule is CCc1nc(C2CCCCS2)nc(CC)c1CCNC.